The average molecular weight is 399 g/mol. The van der Waals surface area contributed by atoms with Gasteiger partial charge in [-0.25, -0.2) is 4.98 Å². The summed E-state index contributed by atoms with van der Waals surface area (Å²) in [5.41, 5.74) is 9.57. The molecule has 1 heterocycles. The van der Waals surface area contributed by atoms with Gasteiger partial charge in [-0.2, -0.15) is 0 Å². The maximum atomic E-state index is 13.6. The van der Waals surface area contributed by atoms with E-state index in [4.69, 9.17) is 15.5 Å². The lowest BCUT2D eigenvalue weighted by molar-refractivity contribution is 0.415. The Bertz CT molecular complexity index is 1230. The van der Waals surface area contributed by atoms with Gasteiger partial charge in [0.2, 0.25) is 0 Å². The Morgan fingerprint density at radius 3 is 2.50 bits per heavy atom. The summed E-state index contributed by atoms with van der Waals surface area (Å²) in [6.07, 6.45) is 0. The van der Waals surface area contributed by atoms with Crippen molar-refractivity contribution in [1.82, 2.24) is 9.55 Å². The third kappa shape index (κ3) is 3.84. The Hall–Kier alpha value is -3.44. The third-order valence-corrected chi connectivity index (χ3v) is 5.45. The van der Waals surface area contributed by atoms with Gasteiger partial charge in [-0.15, -0.1) is 0 Å². The van der Waals surface area contributed by atoms with E-state index in [-0.39, 0.29) is 11.5 Å². The van der Waals surface area contributed by atoms with Crippen LogP contribution in [-0.2, 0) is 13.1 Å². The molecule has 1 unspecified atom stereocenters. The largest absolute Gasteiger partial charge is 0.497 e. The van der Waals surface area contributed by atoms with Crippen LogP contribution < -0.4 is 16.0 Å². The summed E-state index contributed by atoms with van der Waals surface area (Å²) in [6.45, 7) is 2.97. The van der Waals surface area contributed by atoms with Crippen molar-refractivity contribution in [3.8, 4) is 5.75 Å². The second kappa shape index (κ2) is 8.51. The van der Waals surface area contributed by atoms with Gasteiger partial charge in [0.25, 0.3) is 5.56 Å². The van der Waals surface area contributed by atoms with E-state index in [1.807, 2.05) is 54.6 Å². The maximum Gasteiger partial charge on any atom is 0.261 e. The highest BCUT2D eigenvalue weighted by atomic mass is 16.5. The standard InChI is InChI=1S/C25H25N3O2/c1-17(20-9-4-3-5-10-20)24-27-23-12-11-21(30-2)14-22(23)25(29)28(24)16-19-8-6-7-18(13-19)15-26/h3-14,17H,15-16,26H2,1-2H3. The van der Waals surface area contributed by atoms with Crippen LogP contribution in [0.2, 0.25) is 0 Å². The monoisotopic (exact) mass is 399 g/mol. The number of nitrogens with two attached hydrogens (primary N) is 1. The number of hydrogen-bond acceptors (Lipinski definition) is 4. The number of aromatic nitrogens is 2. The molecule has 0 aliphatic rings. The first-order chi connectivity index (χ1) is 14.6. The van der Waals surface area contributed by atoms with Crippen LogP contribution in [0.4, 0.5) is 0 Å². The number of ether oxygens (including phenoxy) is 1. The topological polar surface area (TPSA) is 70.1 Å². The van der Waals surface area contributed by atoms with Crippen LogP contribution in [0.3, 0.4) is 0 Å². The highest BCUT2D eigenvalue weighted by molar-refractivity contribution is 5.79. The molecule has 5 nitrogen and oxygen atoms in total. The second-order valence-corrected chi connectivity index (χ2v) is 7.40. The zero-order chi connectivity index (χ0) is 21.1. The average Bonchev–Trinajstić information content (AvgIpc) is 2.80. The summed E-state index contributed by atoms with van der Waals surface area (Å²) in [5.74, 6) is 1.34. The van der Waals surface area contributed by atoms with Crippen LogP contribution in [0, 0.1) is 0 Å². The molecule has 4 rings (SSSR count). The summed E-state index contributed by atoms with van der Waals surface area (Å²) in [7, 11) is 1.59. The number of nitrogens with zero attached hydrogens (tertiary/aromatic N) is 2. The first-order valence-electron chi connectivity index (χ1n) is 10.0. The van der Waals surface area contributed by atoms with E-state index in [2.05, 4.69) is 19.1 Å². The van der Waals surface area contributed by atoms with Crippen LogP contribution in [0.1, 0.15) is 35.4 Å². The fourth-order valence-electron chi connectivity index (χ4n) is 3.76. The molecule has 0 amide bonds. The lowest BCUT2D eigenvalue weighted by Gasteiger charge is -2.19. The van der Waals surface area contributed by atoms with Gasteiger partial charge in [-0.05, 0) is 34.9 Å². The Balaban J connectivity index is 1.91. The molecule has 0 aliphatic carbocycles. The minimum absolute atomic E-state index is 0.0388. The Morgan fingerprint density at radius 1 is 1.00 bits per heavy atom. The molecule has 1 atom stereocenters. The molecule has 0 aliphatic heterocycles. The van der Waals surface area contributed by atoms with Gasteiger partial charge in [0.05, 0.1) is 24.6 Å². The molecule has 152 valence electrons. The molecule has 5 heteroatoms. The summed E-state index contributed by atoms with van der Waals surface area (Å²) in [6, 6.07) is 23.6. The smallest absolute Gasteiger partial charge is 0.261 e. The predicted molar refractivity (Wildman–Crippen MR) is 120 cm³/mol. The minimum Gasteiger partial charge on any atom is -0.497 e. The number of rotatable bonds is 6. The molecule has 0 bridgehead atoms. The van der Waals surface area contributed by atoms with Crippen molar-refractivity contribution in [1.29, 1.82) is 0 Å². The predicted octanol–water partition coefficient (Wildman–Crippen LogP) is 4.06. The third-order valence-electron chi connectivity index (χ3n) is 5.45. The van der Waals surface area contributed by atoms with Gasteiger partial charge in [0.1, 0.15) is 11.6 Å². The van der Waals surface area contributed by atoms with E-state index in [0.29, 0.717) is 29.7 Å². The van der Waals surface area contributed by atoms with Gasteiger partial charge in [-0.1, -0.05) is 61.5 Å². The van der Waals surface area contributed by atoms with Crippen molar-refractivity contribution in [2.75, 3.05) is 7.11 Å². The highest BCUT2D eigenvalue weighted by Crippen LogP contribution is 2.25. The first-order valence-corrected chi connectivity index (χ1v) is 10.0. The Kier molecular flexibility index (Phi) is 5.63. The van der Waals surface area contributed by atoms with E-state index >= 15 is 0 Å². The van der Waals surface area contributed by atoms with Crippen LogP contribution in [0.5, 0.6) is 5.75 Å². The molecule has 0 saturated heterocycles. The van der Waals surface area contributed by atoms with E-state index in [0.717, 1.165) is 22.5 Å². The normalized spacial score (nSPS) is 12.1. The van der Waals surface area contributed by atoms with Crippen molar-refractivity contribution in [3.05, 3.63) is 106 Å². The SMILES string of the molecule is COc1ccc2nc(C(C)c3ccccc3)n(Cc3cccc(CN)c3)c(=O)c2c1. The molecule has 30 heavy (non-hydrogen) atoms. The van der Waals surface area contributed by atoms with Gasteiger partial charge >= 0.3 is 0 Å². The first kappa shape index (κ1) is 19.9. The zero-order valence-electron chi connectivity index (χ0n) is 17.2. The Morgan fingerprint density at radius 2 is 1.77 bits per heavy atom. The lowest BCUT2D eigenvalue weighted by Crippen LogP contribution is -2.27. The minimum atomic E-state index is -0.0742. The van der Waals surface area contributed by atoms with Crippen LogP contribution in [-0.4, -0.2) is 16.7 Å². The number of fused-ring (bicyclic) bond motifs is 1. The van der Waals surface area contributed by atoms with Crippen LogP contribution in [0.15, 0.2) is 77.6 Å². The molecule has 0 fully saturated rings. The van der Waals surface area contributed by atoms with Gasteiger partial charge in [-0.3, -0.25) is 9.36 Å². The van der Waals surface area contributed by atoms with Crippen molar-refractivity contribution >= 4 is 10.9 Å². The van der Waals surface area contributed by atoms with Crippen molar-refractivity contribution in [2.24, 2.45) is 5.73 Å². The van der Waals surface area contributed by atoms with Crippen molar-refractivity contribution in [2.45, 2.75) is 25.9 Å². The quantitative estimate of drug-likeness (QED) is 0.531. The molecule has 0 radical (unpaired) electrons. The zero-order valence-corrected chi connectivity index (χ0v) is 17.2. The lowest BCUT2D eigenvalue weighted by atomic mass is 9.99. The summed E-state index contributed by atoms with van der Waals surface area (Å²) in [4.78, 5) is 18.5. The molecular weight excluding hydrogens is 374 g/mol. The van der Waals surface area contributed by atoms with Gasteiger partial charge < -0.3 is 10.5 Å². The summed E-state index contributed by atoms with van der Waals surface area (Å²) >= 11 is 0. The van der Waals surface area contributed by atoms with Crippen molar-refractivity contribution in [3.63, 3.8) is 0 Å². The molecule has 3 aromatic carbocycles. The molecular formula is C25H25N3O2. The van der Waals surface area contributed by atoms with E-state index in [1.54, 1.807) is 17.7 Å². The van der Waals surface area contributed by atoms with Crippen LogP contribution >= 0.6 is 0 Å². The Labute approximate surface area is 175 Å². The summed E-state index contributed by atoms with van der Waals surface area (Å²) in [5, 5.41) is 0.549. The molecule has 4 aromatic rings. The maximum absolute atomic E-state index is 13.6. The highest BCUT2D eigenvalue weighted by Gasteiger charge is 2.19. The van der Waals surface area contributed by atoms with E-state index in [1.165, 1.54) is 0 Å². The van der Waals surface area contributed by atoms with Crippen molar-refractivity contribution < 1.29 is 4.74 Å². The molecule has 1 aromatic heterocycles. The van der Waals surface area contributed by atoms with Gasteiger partial charge in [0, 0.05) is 12.5 Å². The fourth-order valence-corrected chi connectivity index (χ4v) is 3.76. The molecule has 2 N–H and O–H groups in total. The van der Waals surface area contributed by atoms with E-state index in [9.17, 15) is 4.79 Å². The van der Waals surface area contributed by atoms with Crippen LogP contribution in [0.25, 0.3) is 10.9 Å². The fraction of sp³-hybridized carbons (Fsp3) is 0.200. The second-order valence-electron chi connectivity index (χ2n) is 7.40. The number of methoxy groups -OCH3 is 1. The molecule has 0 saturated carbocycles. The number of benzene rings is 3. The summed E-state index contributed by atoms with van der Waals surface area (Å²) < 4.78 is 7.10. The molecule has 0 spiro atoms. The number of hydrogen-bond donors (Lipinski definition) is 1. The van der Waals surface area contributed by atoms with Gasteiger partial charge in [0.15, 0.2) is 0 Å². The van der Waals surface area contributed by atoms with E-state index < -0.39 is 0 Å².